The second-order valence-electron chi connectivity index (χ2n) is 9.15. The average molecular weight is 541 g/mol. The maximum atomic E-state index is 13.3. The number of hydrogen-bond donors (Lipinski definition) is 1. The highest BCUT2D eigenvalue weighted by Gasteiger charge is 2.48. The summed E-state index contributed by atoms with van der Waals surface area (Å²) in [7, 11) is 3.13. The first-order valence-corrected chi connectivity index (χ1v) is 13.0. The number of benzene rings is 2. The molecule has 11 heteroatoms. The zero-order chi connectivity index (χ0) is 27.9. The molecule has 3 aromatic rings. The van der Waals surface area contributed by atoms with Crippen LogP contribution in [0.5, 0.6) is 5.75 Å². The summed E-state index contributed by atoms with van der Waals surface area (Å²) in [5, 5.41) is 14.0. The van der Waals surface area contributed by atoms with Crippen molar-refractivity contribution >= 4 is 11.8 Å². The van der Waals surface area contributed by atoms with Crippen molar-refractivity contribution in [3.05, 3.63) is 54.9 Å². The van der Waals surface area contributed by atoms with Gasteiger partial charge >= 0.3 is 6.09 Å². The quantitative estimate of drug-likeness (QED) is 0.404. The molecule has 0 saturated carbocycles. The summed E-state index contributed by atoms with van der Waals surface area (Å²) >= 11 is 0. The number of rotatable bonds is 10. The van der Waals surface area contributed by atoms with Crippen LogP contribution in [0.25, 0.3) is 17.1 Å². The highest BCUT2D eigenvalue weighted by Crippen LogP contribution is 2.29. The second-order valence-corrected chi connectivity index (χ2v) is 9.15. The lowest BCUT2D eigenvalue weighted by atomic mass is 9.99. The topological polar surface area (TPSA) is 117 Å². The Morgan fingerprint density at radius 2 is 1.72 bits per heavy atom. The van der Waals surface area contributed by atoms with Crippen molar-refractivity contribution in [1.29, 1.82) is 0 Å². The summed E-state index contributed by atoms with van der Waals surface area (Å²) in [5.74, 6) is 0.707. The van der Waals surface area contributed by atoms with Crippen molar-refractivity contribution in [1.82, 2.24) is 14.8 Å². The first kappa shape index (κ1) is 28.5. The maximum Gasteiger partial charge on any atom is 0.416 e. The molecule has 0 aliphatic carbocycles. The molecule has 1 fully saturated rings. The maximum absolute atomic E-state index is 13.3. The average Bonchev–Trinajstić information content (AvgIpc) is 3.43. The molecule has 0 bridgehead atoms. The van der Waals surface area contributed by atoms with E-state index in [9.17, 15) is 9.90 Å². The summed E-state index contributed by atoms with van der Waals surface area (Å²) in [4.78, 5) is 19.2. The first-order chi connectivity index (χ1) is 18.9. The van der Waals surface area contributed by atoms with E-state index in [1.165, 1.54) is 12.0 Å². The van der Waals surface area contributed by atoms with Gasteiger partial charge in [-0.25, -0.2) is 14.5 Å². The van der Waals surface area contributed by atoms with E-state index < -0.39 is 24.6 Å². The Labute approximate surface area is 228 Å². The van der Waals surface area contributed by atoms with Crippen LogP contribution in [0, 0.1) is 0 Å². The third-order valence-corrected chi connectivity index (χ3v) is 6.58. The Morgan fingerprint density at radius 1 is 1.03 bits per heavy atom. The largest absolute Gasteiger partial charge is 0.508 e. The van der Waals surface area contributed by atoms with Crippen LogP contribution in [-0.4, -0.2) is 84.0 Å². The fraction of sp³-hybridized carbons (Fsp3) is 0.464. The normalized spacial score (nSPS) is 22.9. The molecule has 11 nitrogen and oxygen atoms in total. The Kier molecular flexibility index (Phi) is 9.52. The summed E-state index contributed by atoms with van der Waals surface area (Å²) < 4.78 is 30.7. The second kappa shape index (κ2) is 13.0. The van der Waals surface area contributed by atoms with Crippen molar-refractivity contribution in [2.45, 2.75) is 57.9 Å². The number of methoxy groups -OCH3 is 2. The van der Waals surface area contributed by atoms with Crippen LogP contribution in [-0.2, 0) is 23.7 Å². The fourth-order valence-corrected chi connectivity index (χ4v) is 4.58. The van der Waals surface area contributed by atoms with Crippen LogP contribution in [0.15, 0.2) is 54.9 Å². The number of nitrogens with zero attached hydrogens (tertiary/aromatic N) is 4. The minimum atomic E-state index is -0.966. The molecule has 1 aliphatic heterocycles. The van der Waals surface area contributed by atoms with Crippen LogP contribution in [0.2, 0.25) is 0 Å². The molecule has 2 heterocycles. The first-order valence-electron chi connectivity index (χ1n) is 13.0. The number of hydrogen-bond acceptors (Lipinski definition) is 9. The zero-order valence-corrected chi connectivity index (χ0v) is 22.9. The fourth-order valence-electron chi connectivity index (χ4n) is 4.58. The smallest absolute Gasteiger partial charge is 0.416 e. The highest BCUT2D eigenvalue weighted by atomic mass is 16.7. The molecule has 0 radical (unpaired) electrons. The number of anilines is 1. The summed E-state index contributed by atoms with van der Waals surface area (Å²) in [5.41, 5.74) is 2.21. The monoisotopic (exact) mass is 540 g/mol. The van der Waals surface area contributed by atoms with E-state index in [0.717, 1.165) is 17.7 Å². The van der Waals surface area contributed by atoms with Gasteiger partial charge in [0.1, 0.15) is 30.4 Å². The van der Waals surface area contributed by atoms with Crippen LogP contribution >= 0.6 is 0 Å². The van der Waals surface area contributed by atoms with Gasteiger partial charge in [-0.2, -0.15) is 0 Å². The molecule has 1 amide bonds. The lowest BCUT2D eigenvalue weighted by molar-refractivity contribution is -0.293. The molecule has 0 unspecified atom stereocenters. The molecule has 0 spiro atoms. The standard InChI is InChI=1S/C28H36N4O7/c1-6-16-37-24-23(35-4)18(3)38-27(25(24)36-5)39-28(34)31(7-2)20-10-8-19(9-11-20)26-29-17-32(30-26)21-12-14-22(33)15-13-21/h8-15,17-18,23-25,27,33H,6-7,16H2,1-5H3/t18-,23-,24+,25+,27-/m0/s1. The van der Waals surface area contributed by atoms with Crippen molar-refractivity contribution in [2.24, 2.45) is 0 Å². The molecule has 5 atom stereocenters. The molecule has 1 N–H and O–H groups in total. The molecule has 4 rings (SSSR count). The van der Waals surface area contributed by atoms with E-state index in [2.05, 4.69) is 10.1 Å². The third-order valence-electron chi connectivity index (χ3n) is 6.58. The number of carbonyl (C=O) groups is 1. The van der Waals surface area contributed by atoms with Crippen LogP contribution in [0.3, 0.4) is 0 Å². The van der Waals surface area contributed by atoms with Gasteiger partial charge in [0.15, 0.2) is 5.82 Å². The minimum Gasteiger partial charge on any atom is -0.508 e. The van der Waals surface area contributed by atoms with Gasteiger partial charge in [-0.3, -0.25) is 4.90 Å². The van der Waals surface area contributed by atoms with Crippen LogP contribution < -0.4 is 4.90 Å². The summed E-state index contributed by atoms with van der Waals surface area (Å²) in [6.07, 6.45) is -0.940. The lowest BCUT2D eigenvalue weighted by Crippen LogP contribution is -2.60. The van der Waals surface area contributed by atoms with E-state index in [1.807, 2.05) is 45.0 Å². The Balaban J connectivity index is 1.47. The van der Waals surface area contributed by atoms with Crippen molar-refractivity contribution in [3.63, 3.8) is 0 Å². The van der Waals surface area contributed by atoms with Gasteiger partial charge in [0, 0.05) is 38.6 Å². The van der Waals surface area contributed by atoms with E-state index in [-0.39, 0.29) is 18.0 Å². The van der Waals surface area contributed by atoms with Gasteiger partial charge in [-0.05, 0) is 68.8 Å². The molecule has 210 valence electrons. The van der Waals surface area contributed by atoms with Gasteiger partial charge in [0.2, 0.25) is 6.29 Å². The Hall–Kier alpha value is -3.51. The summed E-state index contributed by atoms with van der Waals surface area (Å²) in [6.45, 7) is 6.64. The summed E-state index contributed by atoms with van der Waals surface area (Å²) in [6, 6.07) is 14.0. The number of amides is 1. The van der Waals surface area contributed by atoms with Gasteiger partial charge in [0.05, 0.1) is 11.8 Å². The van der Waals surface area contributed by atoms with Gasteiger partial charge in [-0.1, -0.05) is 6.92 Å². The van der Waals surface area contributed by atoms with Gasteiger partial charge in [0.25, 0.3) is 0 Å². The Morgan fingerprint density at radius 3 is 2.33 bits per heavy atom. The number of phenols is 1. The number of carbonyl (C=O) groups excluding carboxylic acids is 1. The lowest BCUT2D eigenvalue weighted by Gasteiger charge is -2.44. The van der Waals surface area contributed by atoms with Gasteiger partial charge in [-0.15, -0.1) is 5.10 Å². The molecule has 1 saturated heterocycles. The third kappa shape index (κ3) is 6.39. The van der Waals surface area contributed by atoms with Crippen LogP contribution in [0.4, 0.5) is 10.5 Å². The van der Waals surface area contributed by atoms with Gasteiger partial charge < -0.3 is 28.8 Å². The van der Waals surface area contributed by atoms with Crippen molar-refractivity contribution < 1.29 is 33.6 Å². The van der Waals surface area contributed by atoms with E-state index in [0.29, 0.717) is 24.7 Å². The molecule has 1 aliphatic rings. The zero-order valence-electron chi connectivity index (χ0n) is 22.9. The van der Waals surface area contributed by atoms with Crippen molar-refractivity contribution in [2.75, 3.05) is 32.3 Å². The molecule has 1 aromatic heterocycles. The van der Waals surface area contributed by atoms with Crippen LogP contribution in [0.1, 0.15) is 27.2 Å². The van der Waals surface area contributed by atoms with E-state index >= 15 is 0 Å². The number of phenolic OH excluding ortho intramolecular Hbond substituents is 1. The number of ether oxygens (including phenoxy) is 5. The number of aromatic nitrogens is 3. The molecular weight excluding hydrogens is 504 g/mol. The predicted molar refractivity (Wildman–Crippen MR) is 144 cm³/mol. The molecular formula is C28H36N4O7. The SMILES string of the molecule is CCCO[C@@H]1[C@@H](OC)[C@H](C)O[C@@H](OC(=O)N(CC)c2ccc(-c3ncn(-c4ccc(O)cc4)n3)cc2)[C@@H]1OC. The van der Waals surface area contributed by atoms with E-state index in [1.54, 1.807) is 42.4 Å². The molecule has 2 aromatic carbocycles. The number of aromatic hydroxyl groups is 1. The van der Waals surface area contributed by atoms with Crippen molar-refractivity contribution in [3.8, 4) is 22.8 Å². The predicted octanol–water partition coefficient (Wildman–Crippen LogP) is 4.17. The van der Waals surface area contributed by atoms with E-state index in [4.69, 9.17) is 23.7 Å². The Bertz CT molecular complexity index is 1200. The molecule has 39 heavy (non-hydrogen) atoms. The highest BCUT2D eigenvalue weighted by molar-refractivity contribution is 5.88. The minimum absolute atomic E-state index is 0.180.